The van der Waals surface area contributed by atoms with Gasteiger partial charge in [0.25, 0.3) is 0 Å². The van der Waals surface area contributed by atoms with Crippen LogP contribution in [0.2, 0.25) is 0 Å². The van der Waals surface area contributed by atoms with Crippen molar-refractivity contribution >= 4 is 36.2 Å². The Kier molecular flexibility index (Phi) is 9.54. The summed E-state index contributed by atoms with van der Waals surface area (Å²) in [6.07, 6.45) is 2.04. The minimum absolute atomic E-state index is 0.240. The van der Waals surface area contributed by atoms with Crippen LogP contribution in [-0.4, -0.2) is 68.3 Å². The van der Waals surface area contributed by atoms with E-state index in [-0.39, 0.29) is 24.9 Å². The van der Waals surface area contributed by atoms with Crippen LogP contribution in [0.1, 0.15) is 48.0 Å². The molecule has 2 heterocycles. The van der Waals surface area contributed by atoms with Crippen LogP contribution in [0.15, 0.2) is 12.7 Å². The Morgan fingerprint density at radius 3 is 2.59 bits per heavy atom. The molecule has 0 fully saturated rings. The number of ether oxygens (including phenoxy) is 3. The van der Waals surface area contributed by atoms with Gasteiger partial charge in [0, 0.05) is 0 Å². The summed E-state index contributed by atoms with van der Waals surface area (Å²) in [4.78, 5) is 37.1. The number of carbonyl (C=O) groups is 2. The van der Waals surface area contributed by atoms with Gasteiger partial charge < -0.3 is 29.1 Å². The molecule has 13 heteroatoms. The molecule has 2 atom stereocenters. The van der Waals surface area contributed by atoms with Gasteiger partial charge in [-0.3, -0.25) is 9.59 Å². The fourth-order valence-electron chi connectivity index (χ4n) is 3.17. The third kappa shape index (κ3) is 7.75. The van der Waals surface area contributed by atoms with Crippen molar-refractivity contribution in [3.8, 4) is 0 Å². The third-order valence-electron chi connectivity index (χ3n) is 4.63. The van der Waals surface area contributed by atoms with E-state index in [0.717, 1.165) is 0 Å². The zero-order valence-electron chi connectivity index (χ0n) is 20.6. The lowest BCUT2D eigenvalue weighted by Gasteiger charge is -2.30. The van der Waals surface area contributed by atoms with Crippen molar-refractivity contribution in [1.29, 1.82) is 0 Å². The molecule has 0 aliphatic rings. The number of carbonyl (C=O) groups excluding carboxylic acids is 2. The van der Waals surface area contributed by atoms with Crippen molar-refractivity contribution in [2.24, 2.45) is 0 Å². The molecule has 34 heavy (non-hydrogen) atoms. The summed E-state index contributed by atoms with van der Waals surface area (Å²) in [6, 6.07) is 0. The summed E-state index contributed by atoms with van der Waals surface area (Å²) in [5, 5.41) is 2.83. The summed E-state index contributed by atoms with van der Waals surface area (Å²) in [7, 11) is -3.56. The standard InChI is InChI=1S/C21H35N6O6P/c1-7-8-31-20(29)21(5,6)26-34(30,10-16(28)33-14(2)3)13-32-15(4)9-27-12-25-17-18(22)23-11-24-19(17)27/h11-12,14-15H,7-10,13H2,1-6H3,(H,26,30)(H2,22,23,24)/t15-,34+/m0/s1. The number of rotatable bonds is 13. The molecule has 3 N–H and O–H groups in total. The van der Waals surface area contributed by atoms with Gasteiger partial charge in [0.05, 0.1) is 31.7 Å². The molecule has 2 aromatic heterocycles. The van der Waals surface area contributed by atoms with Crippen LogP contribution in [0.4, 0.5) is 5.82 Å². The Bertz CT molecular complexity index is 1040. The van der Waals surface area contributed by atoms with Gasteiger partial charge in [-0.15, -0.1) is 0 Å². The number of nitrogen functional groups attached to an aromatic ring is 1. The molecule has 0 spiro atoms. The Hall–Kier alpha value is -2.56. The molecule has 0 amide bonds. The van der Waals surface area contributed by atoms with Crippen molar-refractivity contribution < 1.29 is 28.4 Å². The van der Waals surface area contributed by atoms with Crippen molar-refractivity contribution in [3.63, 3.8) is 0 Å². The fraction of sp³-hybridized carbons (Fsp3) is 0.667. The average Bonchev–Trinajstić information content (AvgIpc) is 3.13. The highest BCUT2D eigenvalue weighted by Crippen LogP contribution is 2.44. The number of hydrogen-bond donors (Lipinski definition) is 2. The zero-order valence-corrected chi connectivity index (χ0v) is 21.5. The van der Waals surface area contributed by atoms with Crippen molar-refractivity contribution in [1.82, 2.24) is 24.6 Å². The highest BCUT2D eigenvalue weighted by Gasteiger charge is 2.39. The molecule has 12 nitrogen and oxygen atoms in total. The van der Waals surface area contributed by atoms with Gasteiger partial charge >= 0.3 is 11.9 Å². The van der Waals surface area contributed by atoms with Gasteiger partial charge in [-0.2, -0.15) is 0 Å². The first-order valence-corrected chi connectivity index (χ1v) is 13.2. The first kappa shape index (κ1) is 27.7. The summed E-state index contributed by atoms with van der Waals surface area (Å²) >= 11 is 0. The number of aromatic nitrogens is 4. The molecule has 0 aliphatic heterocycles. The molecule has 0 radical (unpaired) electrons. The predicted molar refractivity (Wildman–Crippen MR) is 127 cm³/mol. The third-order valence-corrected chi connectivity index (χ3v) is 6.94. The minimum Gasteiger partial charge on any atom is -0.464 e. The van der Waals surface area contributed by atoms with Gasteiger partial charge in [-0.1, -0.05) is 6.92 Å². The van der Waals surface area contributed by atoms with Gasteiger partial charge in [0.1, 0.15) is 29.9 Å². The molecule has 2 rings (SSSR count). The van der Waals surface area contributed by atoms with E-state index in [1.54, 1.807) is 45.5 Å². The Balaban J connectivity index is 2.13. The zero-order chi connectivity index (χ0) is 25.5. The van der Waals surface area contributed by atoms with E-state index >= 15 is 0 Å². The van der Waals surface area contributed by atoms with Gasteiger partial charge in [-0.25, -0.2) is 20.0 Å². The molecule has 0 saturated heterocycles. The molecular weight excluding hydrogens is 463 g/mol. The Labute approximate surface area is 199 Å². The van der Waals surface area contributed by atoms with Gasteiger partial charge in [0.15, 0.2) is 18.8 Å². The van der Waals surface area contributed by atoms with Gasteiger partial charge in [0.2, 0.25) is 0 Å². The van der Waals surface area contributed by atoms with Crippen LogP contribution in [0.25, 0.3) is 11.2 Å². The van der Waals surface area contributed by atoms with Gasteiger partial charge in [-0.05, 0) is 41.0 Å². The van der Waals surface area contributed by atoms with Crippen LogP contribution < -0.4 is 10.8 Å². The first-order valence-electron chi connectivity index (χ1n) is 11.1. The quantitative estimate of drug-likeness (QED) is 0.308. The molecule has 0 aromatic carbocycles. The maximum atomic E-state index is 13.8. The number of nitrogens with one attached hydrogen (secondary N) is 1. The molecule has 0 aliphatic carbocycles. The Morgan fingerprint density at radius 1 is 1.24 bits per heavy atom. The largest absolute Gasteiger partial charge is 0.464 e. The maximum Gasteiger partial charge on any atom is 0.326 e. The van der Waals surface area contributed by atoms with Crippen molar-refractivity contribution in [2.75, 3.05) is 24.9 Å². The number of nitrogens with zero attached hydrogens (tertiary/aromatic N) is 4. The number of esters is 2. The van der Waals surface area contributed by atoms with Crippen LogP contribution in [0, 0.1) is 0 Å². The van der Waals surface area contributed by atoms with Crippen LogP contribution >= 0.6 is 7.29 Å². The van der Waals surface area contributed by atoms with Crippen LogP contribution in [0.3, 0.4) is 0 Å². The highest BCUT2D eigenvalue weighted by atomic mass is 31.2. The van der Waals surface area contributed by atoms with E-state index in [4.69, 9.17) is 19.9 Å². The van der Waals surface area contributed by atoms with E-state index in [9.17, 15) is 14.2 Å². The Morgan fingerprint density at radius 2 is 1.94 bits per heavy atom. The van der Waals surface area contributed by atoms with E-state index in [1.807, 2.05) is 6.92 Å². The first-order chi connectivity index (χ1) is 15.9. The van der Waals surface area contributed by atoms with E-state index in [0.29, 0.717) is 24.1 Å². The summed E-state index contributed by atoms with van der Waals surface area (Å²) in [6.45, 7) is 10.7. The maximum absolute atomic E-state index is 13.8. The topological polar surface area (TPSA) is 161 Å². The smallest absolute Gasteiger partial charge is 0.326 e. The lowest BCUT2D eigenvalue weighted by molar-refractivity contribution is -0.149. The lowest BCUT2D eigenvalue weighted by Crippen LogP contribution is -2.47. The molecule has 190 valence electrons. The molecular formula is C21H35N6O6P. The highest BCUT2D eigenvalue weighted by molar-refractivity contribution is 7.62. The normalized spacial score (nSPS) is 14.7. The summed E-state index contributed by atoms with van der Waals surface area (Å²) < 4.78 is 31.8. The molecule has 0 saturated carbocycles. The fourth-order valence-corrected chi connectivity index (χ4v) is 5.50. The SMILES string of the molecule is CCCOC(=O)C(C)(C)N[P@](=O)(CO[C@@H](C)Cn1cnc2c(N)ncnc21)CC(=O)OC(C)C. The summed E-state index contributed by atoms with van der Waals surface area (Å²) in [5.74, 6) is -0.943. The number of imidazole rings is 1. The molecule has 0 bridgehead atoms. The second-order valence-electron chi connectivity index (χ2n) is 8.89. The molecule has 0 unspecified atom stereocenters. The summed E-state index contributed by atoms with van der Waals surface area (Å²) in [5.41, 5.74) is 5.55. The van der Waals surface area contributed by atoms with E-state index in [1.165, 1.54) is 6.33 Å². The number of anilines is 1. The number of hydrogen-bond acceptors (Lipinski definition) is 10. The van der Waals surface area contributed by atoms with Crippen LogP contribution in [-0.2, 0) is 34.9 Å². The van der Waals surface area contributed by atoms with E-state index < -0.39 is 37.0 Å². The molecule has 2 aromatic rings. The van der Waals surface area contributed by atoms with E-state index in [2.05, 4.69) is 20.0 Å². The minimum atomic E-state index is -3.56. The van der Waals surface area contributed by atoms with Crippen molar-refractivity contribution in [3.05, 3.63) is 12.7 Å². The van der Waals surface area contributed by atoms with Crippen molar-refractivity contribution in [2.45, 2.75) is 72.3 Å². The number of fused-ring (bicyclic) bond motifs is 1. The predicted octanol–water partition coefficient (Wildman–Crippen LogP) is 2.32. The second kappa shape index (κ2) is 11.7. The monoisotopic (exact) mass is 498 g/mol. The van der Waals surface area contributed by atoms with Crippen LogP contribution in [0.5, 0.6) is 0 Å². The number of nitrogens with two attached hydrogens (primary N) is 1. The average molecular weight is 499 g/mol. The lowest BCUT2D eigenvalue weighted by atomic mass is 10.1. The second-order valence-corrected chi connectivity index (χ2v) is 11.5.